The molecule has 3 atom stereocenters. The van der Waals surface area contributed by atoms with Gasteiger partial charge in [0.15, 0.2) is 11.5 Å². The van der Waals surface area contributed by atoms with Crippen molar-refractivity contribution in [3.63, 3.8) is 0 Å². The fourth-order valence-electron chi connectivity index (χ4n) is 4.01. The first-order valence-corrected chi connectivity index (χ1v) is 9.34. The van der Waals surface area contributed by atoms with Crippen LogP contribution in [0.4, 0.5) is 5.69 Å². The molecule has 26 heavy (non-hydrogen) atoms. The van der Waals surface area contributed by atoms with Crippen molar-refractivity contribution in [1.29, 1.82) is 0 Å². The van der Waals surface area contributed by atoms with Gasteiger partial charge in [0.2, 0.25) is 11.8 Å². The van der Waals surface area contributed by atoms with Gasteiger partial charge in [-0.15, -0.1) is 0 Å². The summed E-state index contributed by atoms with van der Waals surface area (Å²) in [6.07, 6.45) is 4.72. The van der Waals surface area contributed by atoms with Crippen LogP contribution in [0.2, 0.25) is 0 Å². The average Bonchev–Trinajstić information content (AvgIpc) is 3.03. The Labute approximate surface area is 154 Å². The van der Waals surface area contributed by atoms with Crippen LogP contribution < -0.4 is 19.7 Å². The van der Waals surface area contributed by atoms with Crippen molar-refractivity contribution >= 4 is 17.5 Å². The van der Waals surface area contributed by atoms with Crippen LogP contribution in [0.15, 0.2) is 18.2 Å². The van der Waals surface area contributed by atoms with Crippen LogP contribution in [0.25, 0.3) is 0 Å². The van der Waals surface area contributed by atoms with Crippen molar-refractivity contribution in [3.05, 3.63) is 18.2 Å². The van der Waals surface area contributed by atoms with Crippen LogP contribution in [-0.2, 0) is 9.59 Å². The molecule has 2 amide bonds. The van der Waals surface area contributed by atoms with Crippen molar-refractivity contribution in [3.8, 4) is 11.5 Å². The number of methoxy groups -OCH3 is 2. The maximum absolute atomic E-state index is 12.6. The number of nitrogens with one attached hydrogen (secondary N) is 1. The van der Waals surface area contributed by atoms with Gasteiger partial charge in [0, 0.05) is 30.8 Å². The molecule has 0 radical (unpaired) electrons. The number of amides is 2. The lowest BCUT2D eigenvalue weighted by Crippen LogP contribution is -2.42. The second-order valence-electron chi connectivity index (χ2n) is 7.42. The van der Waals surface area contributed by atoms with E-state index in [1.165, 1.54) is 6.42 Å². The first-order chi connectivity index (χ1) is 12.5. The van der Waals surface area contributed by atoms with Crippen molar-refractivity contribution < 1.29 is 19.1 Å². The molecule has 6 heteroatoms. The zero-order valence-corrected chi connectivity index (χ0v) is 15.8. The third kappa shape index (κ3) is 3.94. The molecule has 1 saturated carbocycles. The lowest BCUT2D eigenvalue weighted by molar-refractivity contribution is -0.127. The molecule has 1 aromatic rings. The Bertz CT molecular complexity index is 676. The number of anilines is 1. The molecule has 1 aromatic carbocycles. The fraction of sp³-hybridized carbons (Fsp3) is 0.600. The minimum Gasteiger partial charge on any atom is -0.493 e. The first-order valence-electron chi connectivity index (χ1n) is 9.34. The van der Waals surface area contributed by atoms with E-state index in [9.17, 15) is 9.59 Å². The molecule has 0 bridgehead atoms. The van der Waals surface area contributed by atoms with Crippen LogP contribution in [0.1, 0.15) is 39.0 Å². The fourth-order valence-corrected chi connectivity index (χ4v) is 4.01. The van der Waals surface area contributed by atoms with Crippen molar-refractivity contribution in [2.45, 2.75) is 45.1 Å². The summed E-state index contributed by atoms with van der Waals surface area (Å²) < 4.78 is 10.6. The zero-order chi connectivity index (χ0) is 18.7. The van der Waals surface area contributed by atoms with E-state index in [2.05, 4.69) is 12.2 Å². The zero-order valence-electron chi connectivity index (χ0n) is 15.8. The standard InChI is InChI=1S/C20H28N2O4/c1-13-5-4-6-15(9-13)21-20(24)14-10-19(23)22(12-14)16-7-8-17(25-2)18(11-16)26-3/h7-8,11,13-15H,4-6,9-10,12H2,1-3H3,(H,21,24). The Balaban J connectivity index is 1.65. The summed E-state index contributed by atoms with van der Waals surface area (Å²) in [4.78, 5) is 26.8. The molecule has 2 fully saturated rings. The Hall–Kier alpha value is -2.24. The second-order valence-corrected chi connectivity index (χ2v) is 7.42. The molecule has 1 aliphatic carbocycles. The summed E-state index contributed by atoms with van der Waals surface area (Å²) in [5, 5.41) is 3.16. The van der Waals surface area contributed by atoms with Crippen LogP contribution in [0, 0.1) is 11.8 Å². The number of ether oxygens (including phenoxy) is 2. The van der Waals surface area contributed by atoms with Crippen LogP contribution in [-0.4, -0.2) is 38.6 Å². The van der Waals surface area contributed by atoms with E-state index >= 15 is 0 Å². The normalized spacial score (nSPS) is 25.9. The molecule has 3 rings (SSSR count). The highest BCUT2D eigenvalue weighted by Crippen LogP contribution is 2.34. The van der Waals surface area contributed by atoms with Gasteiger partial charge in [-0.25, -0.2) is 0 Å². The average molecular weight is 360 g/mol. The molecule has 1 N–H and O–H groups in total. The summed E-state index contributed by atoms with van der Waals surface area (Å²) >= 11 is 0. The molecule has 1 aliphatic heterocycles. The number of nitrogens with zero attached hydrogens (tertiary/aromatic N) is 1. The van der Waals surface area contributed by atoms with Gasteiger partial charge in [-0.05, 0) is 30.9 Å². The molecule has 0 aromatic heterocycles. The lowest BCUT2D eigenvalue weighted by Gasteiger charge is -2.28. The smallest absolute Gasteiger partial charge is 0.227 e. The summed E-state index contributed by atoms with van der Waals surface area (Å²) in [5.41, 5.74) is 0.731. The molecule has 1 heterocycles. The number of hydrogen-bond donors (Lipinski definition) is 1. The molecule has 142 valence electrons. The van der Waals surface area contributed by atoms with E-state index in [-0.39, 0.29) is 30.2 Å². The van der Waals surface area contributed by atoms with Crippen LogP contribution in [0.3, 0.4) is 0 Å². The first kappa shape index (κ1) is 18.5. The monoisotopic (exact) mass is 360 g/mol. The minimum absolute atomic E-state index is 0.000395. The number of rotatable bonds is 5. The second kappa shape index (κ2) is 7.98. The molecule has 2 aliphatic rings. The topological polar surface area (TPSA) is 67.9 Å². The van der Waals surface area contributed by atoms with Crippen LogP contribution >= 0.6 is 0 Å². The molecular weight excluding hydrogens is 332 g/mol. The molecule has 1 saturated heterocycles. The molecule has 3 unspecified atom stereocenters. The largest absolute Gasteiger partial charge is 0.493 e. The van der Waals surface area contributed by atoms with Gasteiger partial charge in [-0.3, -0.25) is 9.59 Å². The van der Waals surface area contributed by atoms with Gasteiger partial charge < -0.3 is 19.7 Å². The lowest BCUT2D eigenvalue weighted by atomic mass is 9.87. The summed E-state index contributed by atoms with van der Waals surface area (Å²) in [6, 6.07) is 5.62. The SMILES string of the molecule is COc1ccc(N2CC(C(=O)NC3CCCC(C)C3)CC2=O)cc1OC. The van der Waals surface area contributed by atoms with Gasteiger partial charge >= 0.3 is 0 Å². The van der Waals surface area contributed by atoms with Crippen molar-refractivity contribution in [2.24, 2.45) is 11.8 Å². The van der Waals surface area contributed by atoms with Gasteiger partial charge in [0.05, 0.1) is 20.1 Å². The highest BCUT2D eigenvalue weighted by Gasteiger charge is 2.36. The highest BCUT2D eigenvalue weighted by molar-refractivity contribution is 6.00. The molecule has 0 spiro atoms. The van der Waals surface area contributed by atoms with E-state index in [0.29, 0.717) is 24.0 Å². The van der Waals surface area contributed by atoms with Gasteiger partial charge in [0.1, 0.15) is 0 Å². The predicted molar refractivity (Wildman–Crippen MR) is 99.6 cm³/mol. The van der Waals surface area contributed by atoms with E-state index in [1.54, 1.807) is 31.3 Å². The maximum atomic E-state index is 12.6. The Morgan fingerprint density at radius 2 is 1.96 bits per heavy atom. The number of benzene rings is 1. The van der Waals surface area contributed by atoms with Crippen molar-refractivity contribution in [2.75, 3.05) is 25.7 Å². The molecule has 6 nitrogen and oxygen atoms in total. The summed E-state index contributed by atoms with van der Waals surface area (Å²) in [7, 11) is 3.14. The van der Waals surface area contributed by atoms with E-state index in [0.717, 1.165) is 24.9 Å². The van der Waals surface area contributed by atoms with E-state index in [1.807, 2.05) is 6.07 Å². The highest BCUT2D eigenvalue weighted by atomic mass is 16.5. The Kier molecular flexibility index (Phi) is 5.69. The number of carbonyl (C=O) groups excluding carboxylic acids is 2. The van der Waals surface area contributed by atoms with Gasteiger partial charge in [-0.1, -0.05) is 19.8 Å². The van der Waals surface area contributed by atoms with Gasteiger partial charge in [0.25, 0.3) is 0 Å². The van der Waals surface area contributed by atoms with Crippen LogP contribution in [0.5, 0.6) is 11.5 Å². The number of hydrogen-bond acceptors (Lipinski definition) is 4. The van der Waals surface area contributed by atoms with Gasteiger partial charge in [-0.2, -0.15) is 0 Å². The quantitative estimate of drug-likeness (QED) is 0.877. The van der Waals surface area contributed by atoms with E-state index in [4.69, 9.17) is 9.47 Å². The Morgan fingerprint density at radius 1 is 1.19 bits per heavy atom. The maximum Gasteiger partial charge on any atom is 0.227 e. The van der Waals surface area contributed by atoms with E-state index < -0.39 is 0 Å². The third-order valence-electron chi connectivity index (χ3n) is 5.46. The number of carbonyl (C=O) groups is 2. The predicted octanol–water partition coefficient (Wildman–Crippen LogP) is 2.75. The Morgan fingerprint density at radius 3 is 2.65 bits per heavy atom. The summed E-state index contributed by atoms with van der Waals surface area (Å²) in [5.74, 6) is 1.51. The third-order valence-corrected chi connectivity index (χ3v) is 5.46. The van der Waals surface area contributed by atoms with Crippen molar-refractivity contribution in [1.82, 2.24) is 5.32 Å². The minimum atomic E-state index is -0.298. The molecular formula is C20H28N2O4. The summed E-state index contributed by atoms with van der Waals surface area (Å²) in [6.45, 7) is 2.64.